The molecule has 1 saturated heterocycles. The highest BCUT2D eigenvalue weighted by atomic mass is 35.5. The van der Waals surface area contributed by atoms with E-state index in [1.165, 1.54) is 16.7 Å². The van der Waals surface area contributed by atoms with Crippen LogP contribution in [0.15, 0.2) is 88.5 Å². The number of carbonyl (C=O) groups is 2. The van der Waals surface area contributed by atoms with E-state index >= 15 is 0 Å². The topological polar surface area (TPSA) is 112 Å². The van der Waals surface area contributed by atoms with Crippen molar-refractivity contribution < 1.29 is 23.8 Å². The lowest BCUT2D eigenvalue weighted by atomic mass is 10.0. The quantitative estimate of drug-likeness (QED) is 0.153. The highest BCUT2D eigenvalue weighted by molar-refractivity contribution is 6.35. The van der Waals surface area contributed by atoms with Gasteiger partial charge in [0.15, 0.2) is 11.5 Å². The van der Waals surface area contributed by atoms with Crippen LogP contribution in [0.5, 0.6) is 11.5 Å². The summed E-state index contributed by atoms with van der Waals surface area (Å²) in [4.78, 5) is 52.3. The number of likely N-dealkylation sites (tertiary alicyclic amines) is 1. The number of pyridine rings is 2. The van der Waals surface area contributed by atoms with Gasteiger partial charge in [-0.1, -0.05) is 65.7 Å². The number of para-hydroxylation sites is 2. The van der Waals surface area contributed by atoms with Crippen molar-refractivity contribution in [2.24, 2.45) is 0 Å². The molecule has 2 aliphatic rings. The molecule has 0 bridgehead atoms. The van der Waals surface area contributed by atoms with Gasteiger partial charge >= 0.3 is 6.09 Å². The Bertz CT molecular complexity index is 2260. The molecule has 1 fully saturated rings. The highest BCUT2D eigenvalue weighted by Gasteiger charge is 2.31. The molecule has 4 heterocycles. The van der Waals surface area contributed by atoms with Crippen LogP contribution in [0.1, 0.15) is 39.2 Å². The first-order valence-electron chi connectivity index (χ1n) is 18.0. The lowest BCUT2D eigenvalue weighted by molar-refractivity contribution is -0.108. The smallest absolute Gasteiger partial charge is 0.410 e. The molecule has 0 atom stereocenters. The second kappa shape index (κ2) is 17.1. The van der Waals surface area contributed by atoms with Crippen molar-refractivity contribution in [1.29, 1.82) is 0 Å². The van der Waals surface area contributed by atoms with Crippen LogP contribution >= 0.6 is 23.2 Å². The maximum absolute atomic E-state index is 13.3. The fourth-order valence-electron chi connectivity index (χ4n) is 6.82. The molecule has 54 heavy (non-hydrogen) atoms. The zero-order valence-corrected chi connectivity index (χ0v) is 32.1. The van der Waals surface area contributed by atoms with Gasteiger partial charge in [0.1, 0.15) is 25.1 Å². The standard InChI is InChI=1S/C30H36ClN3O5.C11H8ClNO2/c1-30(2,3)39-29(36)34(20-21-8-9-26-27(18-21)38-17-16-37-26)22-10-12-32(13-11-22)14-15-33-25-7-5-4-6-23(25)24(31)19-28(33)35;12-9-7-11(15)13(5-6-14)10-4-2-1-3-8(9)10/h4-9,18-19,22H,10-17,20H2,1-3H3;1-4,6-7H,5H2. The molecule has 284 valence electrons. The van der Waals surface area contributed by atoms with Gasteiger partial charge in [-0.05, 0) is 63.4 Å². The van der Waals surface area contributed by atoms with Crippen LogP contribution in [0.4, 0.5) is 4.79 Å². The molecule has 5 aromatic rings. The third-order valence-corrected chi connectivity index (χ3v) is 10.0. The Hall–Kier alpha value is -4.84. The van der Waals surface area contributed by atoms with Crippen LogP contribution in [-0.2, 0) is 29.2 Å². The van der Waals surface area contributed by atoms with Gasteiger partial charge in [-0.15, -0.1) is 0 Å². The van der Waals surface area contributed by atoms with Crippen molar-refractivity contribution in [2.75, 3.05) is 32.8 Å². The summed E-state index contributed by atoms with van der Waals surface area (Å²) in [5.41, 5.74) is 1.57. The van der Waals surface area contributed by atoms with Crippen LogP contribution in [0.2, 0.25) is 10.0 Å². The Morgan fingerprint density at radius 3 is 2.00 bits per heavy atom. The number of aromatic nitrogens is 2. The van der Waals surface area contributed by atoms with Crippen LogP contribution in [0, 0.1) is 0 Å². The molecule has 2 aliphatic heterocycles. The summed E-state index contributed by atoms with van der Waals surface area (Å²) in [6.07, 6.45) is 2.03. The first kappa shape index (κ1) is 38.9. The molecule has 0 N–H and O–H groups in total. The molecule has 13 heteroatoms. The number of hydrogen-bond donors (Lipinski definition) is 0. The van der Waals surface area contributed by atoms with Crippen molar-refractivity contribution >= 4 is 57.4 Å². The van der Waals surface area contributed by atoms with Crippen LogP contribution in [0.25, 0.3) is 21.8 Å². The zero-order valence-electron chi connectivity index (χ0n) is 30.6. The number of hydrogen-bond acceptors (Lipinski definition) is 8. The Morgan fingerprint density at radius 2 is 1.39 bits per heavy atom. The molecular formula is C41H44Cl2N4O7. The van der Waals surface area contributed by atoms with Gasteiger partial charge in [0.25, 0.3) is 11.1 Å². The number of nitrogens with zero attached hydrogens (tertiary/aromatic N) is 4. The lowest BCUT2D eigenvalue weighted by Gasteiger charge is -2.39. The summed E-state index contributed by atoms with van der Waals surface area (Å²) in [6, 6.07) is 23.7. The summed E-state index contributed by atoms with van der Waals surface area (Å²) in [7, 11) is 0. The largest absolute Gasteiger partial charge is 0.486 e. The monoisotopic (exact) mass is 774 g/mol. The average molecular weight is 776 g/mol. The van der Waals surface area contributed by atoms with Gasteiger partial charge in [0, 0.05) is 61.7 Å². The maximum Gasteiger partial charge on any atom is 0.410 e. The van der Waals surface area contributed by atoms with Gasteiger partial charge in [0.2, 0.25) is 0 Å². The first-order valence-corrected chi connectivity index (χ1v) is 18.8. The summed E-state index contributed by atoms with van der Waals surface area (Å²) < 4.78 is 20.4. The summed E-state index contributed by atoms with van der Waals surface area (Å²) >= 11 is 12.2. The van der Waals surface area contributed by atoms with Gasteiger partial charge < -0.3 is 37.9 Å². The number of piperidine rings is 1. The summed E-state index contributed by atoms with van der Waals surface area (Å²) in [5.74, 6) is 1.44. The normalized spacial score (nSPS) is 14.7. The van der Waals surface area contributed by atoms with Crippen molar-refractivity contribution in [3.05, 3.63) is 115 Å². The number of aldehydes is 1. The van der Waals surface area contributed by atoms with E-state index in [-0.39, 0.29) is 29.8 Å². The molecule has 1 amide bonds. The van der Waals surface area contributed by atoms with Crippen LogP contribution < -0.4 is 20.6 Å². The van der Waals surface area contributed by atoms with E-state index in [9.17, 15) is 19.2 Å². The van der Waals surface area contributed by atoms with Crippen molar-refractivity contribution in [2.45, 2.75) is 64.9 Å². The SMILES string of the molecule is CC(C)(C)OC(=O)N(Cc1ccc2c(c1)OCCO2)C1CCN(CCn2c(=O)cc(Cl)c3ccccc32)CC1.O=CCn1c(=O)cc(Cl)c2ccccc21. The van der Waals surface area contributed by atoms with E-state index in [2.05, 4.69) is 4.90 Å². The minimum Gasteiger partial charge on any atom is -0.486 e. The van der Waals surface area contributed by atoms with Gasteiger partial charge in [-0.25, -0.2) is 4.79 Å². The molecule has 0 spiro atoms. The number of halogens is 2. The van der Waals surface area contributed by atoms with E-state index in [1.807, 2.05) is 80.3 Å². The third kappa shape index (κ3) is 9.26. The van der Waals surface area contributed by atoms with Crippen molar-refractivity contribution in [3.8, 4) is 11.5 Å². The van der Waals surface area contributed by atoms with Crippen LogP contribution in [-0.4, -0.2) is 75.8 Å². The number of fused-ring (bicyclic) bond motifs is 3. The molecule has 0 saturated carbocycles. The molecule has 7 rings (SSSR count). The van der Waals surface area contributed by atoms with Crippen molar-refractivity contribution in [3.63, 3.8) is 0 Å². The molecule has 2 aromatic heterocycles. The molecule has 0 aliphatic carbocycles. The minimum absolute atomic E-state index is 0.0448. The van der Waals surface area contributed by atoms with Gasteiger partial charge in [-0.3, -0.25) is 9.59 Å². The predicted molar refractivity (Wildman–Crippen MR) is 211 cm³/mol. The molecule has 0 unspecified atom stereocenters. The molecule has 0 radical (unpaired) electrons. The summed E-state index contributed by atoms with van der Waals surface area (Å²) in [6.45, 7) is 10.2. The first-order chi connectivity index (χ1) is 25.9. The Balaban J connectivity index is 0.000000276. The highest BCUT2D eigenvalue weighted by Crippen LogP contribution is 2.32. The number of benzene rings is 3. The lowest BCUT2D eigenvalue weighted by Crippen LogP contribution is -2.49. The van der Waals surface area contributed by atoms with Gasteiger partial charge in [-0.2, -0.15) is 0 Å². The Kier molecular flexibility index (Phi) is 12.3. The molecular weight excluding hydrogens is 731 g/mol. The summed E-state index contributed by atoms with van der Waals surface area (Å²) in [5, 5.41) is 2.55. The average Bonchev–Trinajstić information content (AvgIpc) is 3.15. The van der Waals surface area contributed by atoms with Crippen LogP contribution in [0.3, 0.4) is 0 Å². The Labute approximate surface area is 323 Å². The predicted octanol–water partition coefficient (Wildman–Crippen LogP) is 7.18. The van der Waals surface area contributed by atoms with E-state index < -0.39 is 5.60 Å². The van der Waals surface area contributed by atoms with Crippen molar-refractivity contribution in [1.82, 2.24) is 18.9 Å². The van der Waals surface area contributed by atoms with E-state index in [0.29, 0.717) is 53.9 Å². The van der Waals surface area contributed by atoms with E-state index in [1.54, 1.807) is 16.7 Å². The maximum atomic E-state index is 13.3. The number of amides is 1. The molecule has 3 aromatic carbocycles. The fraction of sp³-hybridized carbons (Fsp3) is 0.366. The van der Waals surface area contributed by atoms with E-state index in [4.69, 9.17) is 37.4 Å². The number of ether oxygens (including phenoxy) is 3. The fourth-order valence-corrected chi connectivity index (χ4v) is 7.33. The second-order valence-corrected chi connectivity index (χ2v) is 15.1. The molecule has 11 nitrogen and oxygen atoms in total. The number of rotatable bonds is 8. The Morgan fingerprint density at radius 1 is 0.815 bits per heavy atom. The van der Waals surface area contributed by atoms with Gasteiger partial charge in [0.05, 0.1) is 27.6 Å². The van der Waals surface area contributed by atoms with E-state index in [0.717, 1.165) is 60.1 Å². The minimum atomic E-state index is -0.586. The zero-order chi connectivity index (χ0) is 38.4. The third-order valence-electron chi connectivity index (χ3n) is 9.42. The number of carbonyl (C=O) groups excluding carboxylic acids is 2. The second-order valence-electron chi connectivity index (χ2n) is 14.3.